The molecule has 1 saturated carbocycles. The molecule has 6 rings (SSSR count). The van der Waals surface area contributed by atoms with Crippen LogP contribution in [0.15, 0.2) is 40.9 Å². The summed E-state index contributed by atoms with van der Waals surface area (Å²) in [5.41, 5.74) is 3.99. The van der Waals surface area contributed by atoms with Gasteiger partial charge < -0.3 is 19.1 Å². The van der Waals surface area contributed by atoms with Gasteiger partial charge in [0, 0.05) is 29.8 Å². The molecule has 198 valence electrons. The van der Waals surface area contributed by atoms with E-state index in [2.05, 4.69) is 9.72 Å². The van der Waals surface area contributed by atoms with Crippen molar-refractivity contribution in [1.29, 1.82) is 0 Å². The van der Waals surface area contributed by atoms with Gasteiger partial charge in [0.15, 0.2) is 11.6 Å². The van der Waals surface area contributed by atoms with E-state index in [0.717, 1.165) is 64.4 Å². The summed E-state index contributed by atoms with van der Waals surface area (Å²) in [4.78, 5) is 19.7. The summed E-state index contributed by atoms with van der Waals surface area (Å²) in [6.45, 7) is 5.64. The molecule has 4 aromatic rings. The number of nitrogens with zero attached hydrogens (tertiary/aromatic N) is 4. The van der Waals surface area contributed by atoms with E-state index in [1.165, 1.54) is 6.07 Å². The smallest absolute Gasteiger partial charge is 0.227 e. The normalized spacial score (nSPS) is 24.1. The number of benzene rings is 2. The van der Waals surface area contributed by atoms with Gasteiger partial charge in [0.05, 0.1) is 28.4 Å². The minimum Gasteiger partial charge on any atom is -0.390 e. The fourth-order valence-corrected chi connectivity index (χ4v) is 6.16. The summed E-state index contributed by atoms with van der Waals surface area (Å²) in [5, 5.41) is 14.7. The van der Waals surface area contributed by atoms with Crippen LogP contribution in [0.5, 0.6) is 0 Å². The zero-order valence-corrected chi connectivity index (χ0v) is 21.7. The Bertz CT molecular complexity index is 1530. The zero-order valence-electron chi connectivity index (χ0n) is 21.7. The Hall–Kier alpha value is -3.59. The number of aromatic nitrogens is 3. The number of aryl methyl sites for hydroxylation is 2. The molecule has 1 unspecified atom stereocenters. The second-order valence-corrected chi connectivity index (χ2v) is 10.9. The number of halogens is 2. The number of carbonyl (C=O) groups excluding carboxylic acids is 1. The molecule has 38 heavy (non-hydrogen) atoms. The van der Waals surface area contributed by atoms with Crippen LogP contribution in [0.4, 0.5) is 14.5 Å². The van der Waals surface area contributed by atoms with Crippen LogP contribution in [0.1, 0.15) is 74.8 Å². The third-order valence-electron chi connectivity index (χ3n) is 8.13. The third kappa shape index (κ3) is 4.09. The van der Waals surface area contributed by atoms with Gasteiger partial charge in [-0.15, -0.1) is 0 Å². The number of carbonyl (C=O) groups is 1. The van der Waals surface area contributed by atoms with Gasteiger partial charge in [0.2, 0.25) is 5.91 Å². The number of imidazole rings is 1. The first kappa shape index (κ1) is 24.7. The quantitative estimate of drug-likeness (QED) is 0.340. The Morgan fingerprint density at radius 1 is 1.05 bits per heavy atom. The van der Waals surface area contributed by atoms with Crippen molar-refractivity contribution in [2.75, 3.05) is 4.90 Å². The van der Waals surface area contributed by atoms with E-state index >= 15 is 0 Å². The molecular formula is C29H30F2N4O3. The molecule has 0 spiro atoms. The first-order valence-electron chi connectivity index (χ1n) is 13.1. The van der Waals surface area contributed by atoms with Gasteiger partial charge in [-0.3, -0.25) is 4.79 Å². The Labute approximate surface area is 219 Å². The van der Waals surface area contributed by atoms with Crippen LogP contribution < -0.4 is 4.90 Å². The lowest BCUT2D eigenvalue weighted by Gasteiger charge is -2.35. The molecule has 2 aromatic carbocycles. The number of aliphatic hydroxyl groups is 1. The fraction of sp³-hybridized carbons (Fsp3) is 0.414. The molecule has 3 heterocycles. The highest BCUT2D eigenvalue weighted by atomic mass is 19.2. The molecule has 1 aliphatic carbocycles. The molecule has 0 bridgehead atoms. The lowest BCUT2D eigenvalue weighted by Crippen LogP contribution is -2.33. The van der Waals surface area contributed by atoms with Crippen molar-refractivity contribution < 1.29 is 23.2 Å². The number of rotatable bonds is 4. The largest absolute Gasteiger partial charge is 0.390 e. The minimum absolute atomic E-state index is 0.0858. The molecule has 1 aliphatic heterocycles. The molecule has 1 amide bonds. The van der Waals surface area contributed by atoms with E-state index in [0.29, 0.717) is 24.9 Å². The lowest BCUT2D eigenvalue weighted by atomic mass is 9.83. The lowest BCUT2D eigenvalue weighted by molar-refractivity contribution is -0.117. The number of hydrogen-bond acceptors (Lipinski definition) is 5. The van der Waals surface area contributed by atoms with Crippen molar-refractivity contribution >= 4 is 22.6 Å². The maximum atomic E-state index is 14.2. The van der Waals surface area contributed by atoms with Gasteiger partial charge >= 0.3 is 0 Å². The average molecular weight is 521 g/mol. The first-order valence-corrected chi connectivity index (χ1v) is 13.1. The fourth-order valence-electron chi connectivity index (χ4n) is 6.16. The van der Waals surface area contributed by atoms with Gasteiger partial charge in [0.1, 0.15) is 11.6 Å². The van der Waals surface area contributed by atoms with Gasteiger partial charge in [-0.2, -0.15) is 0 Å². The standard InChI is InChI=1S/C29H30F2N4O3/c1-16-27(17(2)38-33-16)18-4-7-24-23(14-18)32-28(35(24)19-10-12-29(3,37)13-11-19)25-8-9-26(36)34(25)20-5-6-21(30)22(31)15-20/h4-7,14-15,19,25,37H,8-13H2,1-3H3. The molecule has 9 heteroatoms. The average Bonchev–Trinajstić information content (AvgIpc) is 3.55. The summed E-state index contributed by atoms with van der Waals surface area (Å²) in [6.07, 6.45) is 3.65. The number of hydrogen-bond donors (Lipinski definition) is 1. The second kappa shape index (κ2) is 9.01. The zero-order chi connectivity index (χ0) is 26.8. The van der Waals surface area contributed by atoms with E-state index in [9.17, 15) is 18.7 Å². The van der Waals surface area contributed by atoms with Crippen LogP contribution in [-0.4, -0.2) is 31.3 Å². The number of amides is 1. The highest BCUT2D eigenvalue weighted by Crippen LogP contribution is 2.43. The Kier molecular flexibility index (Phi) is 5.86. The maximum Gasteiger partial charge on any atom is 0.227 e. The van der Waals surface area contributed by atoms with Crippen LogP contribution in [-0.2, 0) is 4.79 Å². The van der Waals surface area contributed by atoms with Crippen LogP contribution in [0.2, 0.25) is 0 Å². The van der Waals surface area contributed by atoms with E-state index < -0.39 is 23.3 Å². The van der Waals surface area contributed by atoms with Gasteiger partial charge in [-0.25, -0.2) is 13.8 Å². The van der Waals surface area contributed by atoms with Gasteiger partial charge in [0.25, 0.3) is 0 Å². The predicted octanol–water partition coefficient (Wildman–Crippen LogP) is 6.32. The Morgan fingerprint density at radius 3 is 2.50 bits per heavy atom. The Balaban J connectivity index is 1.50. The molecular weight excluding hydrogens is 490 g/mol. The molecule has 0 radical (unpaired) electrons. The van der Waals surface area contributed by atoms with Gasteiger partial charge in [-0.1, -0.05) is 11.2 Å². The van der Waals surface area contributed by atoms with Crippen LogP contribution in [0.25, 0.3) is 22.2 Å². The summed E-state index contributed by atoms with van der Waals surface area (Å²) < 4.78 is 35.5. The van der Waals surface area contributed by atoms with Crippen LogP contribution in [0, 0.1) is 25.5 Å². The van der Waals surface area contributed by atoms with E-state index in [-0.39, 0.29) is 18.4 Å². The van der Waals surface area contributed by atoms with Gasteiger partial charge in [-0.05, 0) is 82.7 Å². The summed E-state index contributed by atoms with van der Waals surface area (Å²) in [6, 6.07) is 9.31. The summed E-state index contributed by atoms with van der Waals surface area (Å²) in [7, 11) is 0. The molecule has 2 aromatic heterocycles. The first-order chi connectivity index (χ1) is 18.1. The predicted molar refractivity (Wildman–Crippen MR) is 139 cm³/mol. The molecule has 1 saturated heterocycles. The van der Waals surface area contributed by atoms with Crippen molar-refractivity contribution in [3.8, 4) is 11.1 Å². The van der Waals surface area contributed by atoms with E-state index in [1.807, 2.05) is 39.0 Å². The van der Waals surface area contributed by atoms with Crippen LogP contribution in [0.3, 0.4) is 0 Å². The maximum absolute atomic E-state index is 14.2. The molecule has 2 fully saturated rings. The second-order valence-electron chi connectivity index (χ2n) is 10.9. The number of fused-ring (bicyclic) bond motifs is 1. The molecule has 1 atom stereocenters. The van der Waals surface area contributed by atoms with E-state index in [4.69, 9.17) is 9.51 Å². The summed E-state index contributed by atoms with van der Waals surface area (Å²) in [5.74, 6) is -0.652. The molecule has 7 nitrogen and oxygen atoms in total. The van der Waals surface area contributed by atoms with Crippen molar-refractivity contribution in [2.24, 2.45) is 0 Å². The van der Waals surface area contributed by atoms with Crippen molar-refractivity contribution in [3.05, 3.63) is 65.3 Å². The van der Waals surface area contributed by atoms with Crippen molar-refractivity contribution in [3.63, 3.8) is 0 Å². The highest BCUT2D eigenvalue weighted by Gasteiger charge is 2.39. The monoisotopic (exact) mass is 520 g/mol. The topological polar surface area (TPSA) is 84.4 Å². The molecule has 1 N–H and O–H groups in total. The summed E-state index contributed by atoms with van der Waals surface area (Å²) >= 11 is 0. The van der Waals surface area contributed by atoms with Crippen molar-refractivity contribution in [1.82, 2.24) is 14.7 Å². The van der Waals surface area contributed by atoms with Crippen LogP contribution >= 0.6 is 0 Å². The minimum atomic E-state index is -0.993. The Morgan fingerprint density at radius 2 is 1.82 bits per heavy atom. The highest BCUT2D eigenvalue weighted by molar-refractivity contribution is 5.96. The molecule has 2 aliphatic rings. The SMILES string of the molecule is Cc1noc(C)c1-c1ccc2c(c1)nc(C1CCC(=O)N1c1ccc(F)c(F)c1)n2C1CCC(C)(O)CC1. The van der Waals surface area contributed by atoms with E-state index in [1.54, 1.807) is 4.90 Å². The third-order valence-corrected chi connectivity index (χ3v) is 8.13. The van der Waals surface area contributed by atoms with Crippen molar-refractivity contribution in [2.45, 2.75) is 77.0 Å². The number of anilines is 1.